The Hall–Kier alpha value is -0.970. The quantitative estimate of drug-likeness (QED) is 0.274. The number of hydrogen-bond donors (Lipinski definition) is 1. The molecule has 0 aliphatic heterocycles. The SMILES string of the molecule is C#CCCCC(=N)OCC. The maximum Gasteiger partial charge on any atom is 0.180 e. The molecule has 0 unspecified atom stereocenters. The van der Waals surface area contributed by atoms with Crippen molar-refractivity contribution in [1.82, 2.24) is 0 Å². The summed E-state index contributed by atoms with van der Waals surface area (Å²) in [5.74, 6) is 2.86. The summed E-state index contributed by atoms with van der Waals surface area (Å²) in [6.45, 7) is 2.45. The van der Waals surface area contributed by atoms with E-state index in [0.29, 0.717) is 18.9 Å². The number of unbranched alkanes of at least 4 members (excludes halogenated alkanes) is 1. The molecule has 10 heavy (non-hydrogen) atoms. The molecular weight excluding hydrogens is 126 g/mol. The van der Waals surface area contributed by atoms with Crippen LogP contribution in [0, 0.1) is 17.8 Å². The van der Waals surface area contributed by atoms with E-state index in [1.165, 1.54) is 0 Å². The molecule has 0 bridgehead atoms. The monoisotopic (exact) mass is 139 g/mol. The largest absolute Gasteiger partial charge is 0.481 e. The minimum absolute atomic E-state index is 0.345. The summed E-state index contributed by atoms with van der Waals surface area (Å²) < 4.78 is 4.90. The van der Waals surface area contributed by atoms with E-state index < -0.39 is 0 Å². The first kappa shape index (κ1) is 9.03. The van der Waals surface area contributed by atoms with Gasteiger partial charge in [0.2, 0.25) is 0 Å². The lowest BCUT2D eigenvalue weighted by Crippen LogP contribution is -2.01. The first-order valence-corrected chi connectivity index (χ1v) is 3.45. The van der Waals surface area contributed by atoms with Crippen LogP contribution in [0.1, 0.15) is 26.2 Å². The zero-order valence-corrected chi connectivity index (χ0v) is 6.31. The van der Waals surface area contributed by atoms with Crippen LogP contribution in [0.4, 0.5) is 0 Å². The van der Waals surface area contributed by atoms with E-state index in [1.54, 1.807) is 0 Å². The Labute approximate surface area is 62.1 Å². The van der Waals surface area contributed by atoms with Crippen molar-refractivity contribution in [3.8, 4) is 12.3 Å². The topological polar surface area (TPSA) is 33.1 Å². The van der Waals surface area contributed by atoms with Gasteiger partial charge in [-0.2, -0.15) is 0 Å². The molecule has 1 N–H and O–H groups in total. The van der Waals surface area contributed by atoms with Gasteiger partial charge in [0, 0.05) is 12.8 Å². The second-order valence-corrected chi connectivity index (χ2v) is 1.91. The average molecular weight is 139 g/mol. The molecule has 0 aliphatic rings. The van der Waals surface area contributed by atoms with Crippen LogP contribution >= 0.6 is 0 Å². The van der Waals surface area contributed by atoms with Crippen molar-refractivity contribution in [2.45, 2.75) is 26.2 Å². The van der Waals surface area contributed by atoms with Crippen molar-refractivity contribution in [2.24, 2.45) is 0 Å². The Morgan fingerprint density at radius 1 is 1.70 bits per heavy atom. The molecular formula is C8H13NO. The van der Waals surface area contributed by atoms with E-state index in [-0.39, 0.29) is 0 Å². The lowest BCUT2D eigenvalue weighted by atomic mass is 10.2. The highest BCUT2D eigenvalue weighted by Crippen LogP contribution is 1.95. The smallest absolute Gasteiger partial charge is 0.180 e. The predicted octanol–water partition coefficient (Wildman–Crippen LogP) is 1.80. The van der Waals surface area contributed by atoms with E-state index >= 15 is 0 Å². The Balaban J connectivity index is 3.15. The Bertz CT molecular complexity index is 135. The fourth-order valence-corrected chi connectivity index (χ4v) is 0.597. The number of terminal acetylenes is 1. The molecule has 0 aromatic rings. The van der Waals surface area contributed by atoms with Gasteiger partial charge in [-0.1, -0.05) is 0 Å². The van der Waals surface area contributed by atoms with Crippen LogP contribution < -0.4 is 0 Å². The van der Waals surface area contributed by atoms with Crippen molar-refractivity contribution < 1.29 is 4.74 Å². The van der Waals surface area contributed by atoms with E-state index in [9.17, 15) is 0 Å². The molecule has 0 aliphatic carbocycles. The van der Waals surface area contributed by atoms with Crippen LogP contribution in [-0.4, -0.2) is 12.5 Å². The maximum atomic E-state index is 7.18. The van der Waals surface area contributed by atoms with Gasteiger partial charge in [-0.25, -0.2) is 0 Å². The van der Waals surface area contributed by atoms with Crippen LogP contribution in [0.2, 0.25) is 0 Å². The number of hydrogen-bond acceptors (Lipinski definition) is 2. The highest BCUT2D eigenvalue weighted by Gasteiger charge is 1.93. The summed E-state index contributed by atoms with van der Waals surface area (Å²) in [5.41, 5.74) is 0. The summed E-state index contributed by atoms with van der Waals surface area (Å²) >= 11 is 0. The Morgan fingerprint density at radius 3 is 2.90 bits per heavy atom. The van der Waals surface area contributed by atoms with E-state index in [0.717, 1.165) is 12.8 Å². The van der Waals surface area contributed by atoms with Gasteiger partial charge in [0.05, 0.1) is 6.61 Å². The molecule has 0 amide bonds. The van der Waals surface area contributed by atoms with Gasteiger partial charge in [-0.15, -0.1) is 12.3 Å². The second-order valence-electron chi connectivity index (χ2n) is 1.91. The summed E-state index contributed by atoms with van der Waals surface area (Å²) in [7, 11) is 0. The molecule has 2 nitrogen and oxygen atoms in total. The van der Waals surface area contributed by atoms with Crippen molar-refractivity contribution >= 4 is 5.90 Å². The van der Waals surface area contributed by atoms with Crippen molar-refractivity contribution in [1.29, 1.82) is 5.41 Å². The average Bonchev–Trinajstić information content (AvgIpc) is 1.89. The van der Waals surface area contributed by atoms with Gasteiger partial charge in [0.15, 0.2) is 5.90 Å². The molecule has 0 saturated heterocycles. The molecule has 0 fully saturated rings. The molecule has 0 rings (SSSR count). The Kier molecular flexibility index (Phi) is 5.56. The highest BCUT2D eigenvalue weighted by molar-refractivity contribution is 5.72. The predicted molar refractivity (Wildman–Crippen MR) is 42.0 cm³/mol. The molecule has 0 radical (unpaired) electrons. The van der Waals surface area contributed by atoms with Gasteiger partial charge >= 0.3 is 0 Å². The standard InChI is InChI=1S/C8H13NO/c1-3-5-6-7-8(9)10-4-2/h1,9H,4-7H2,2H3. The Morgan fingerprint density at radius 2 is 2.40 bits per heavy atom. The van der Waals surface area contributed by atoms with E-state index in [1.807, 2.05) is 6.92 Å². The second kappa shape index (κ2) is 6.15. The van der Waals surface area contributed by atoms with Gasteiger partial charge < -0.3 is 4.74 Å². The minimum Gasteiger partial charge on any atom is -0.481 e. The molecule has 0 aromatic carbocycles. The first-order valence-electron chi connectivity index (χ1n) is 3.45. The van der Waals surface area contributed by atoms with E-state index in [2.05, 4.69) is 5.92 Å². The number of nitrogens with one attached hydrogen (secondary N) is 1. The van der Waals surface area contributed by atoms with Gasteiger partial charge in [-0.3, -0.25) is 5.41 Å². The van der Waals surface area contributed by atoms with Gasteiger partial charge in [0.1, 0.15) is 0 Å². The van der Waals surface area contributed by atoms with Crippen LogP contribution in [0.25, 0.3) is 0 Å². The third-order valence-corrected chi connectivity index (χ3v) is 1.04. The zero-order chi connectivity index (χ0) is 7.82. The molecule has 0 spiro atoms. The summed E-state index contributed by atoms with van der Waals surface area (Å²) in [5, 5.41) is 7.18. The normalized spacial score (nSPS) is 8.40. The van der Waals surface area contributed by atoms with Crippen molar-refractivity contribution in [2.75, 3.05) is 6.61 Å². The zero-order valence-electron chi connectivity index (χ0n) is 6.31. The highest BCUT2D eigenvalue weighted by atomic mass is 16.5. The third kappa shape index (κ3) is 5.17. The summed E-state index contributed by atoms with van der Waals surface area (Å²) in [6.07, 6.45) is 7.28. The fraction of sp³-hybridized carbons (Fsp3) is 0.625. The molecule has 56 valence electrons. The maximum absolute atomic E-state index is 7.18. The lowest BCUT2D eigenvalue weighted by Gasteiger charge is -2.01. The molecule has 2 heteroatoms. The summed E-state index contributed by atoms with van der Waals surface area (Å²) in [6, 6.07) is 0. The number of rotatable bonds is 4. The van der Waals surface area contributed by atoms with Crippen LogP contribution in [0.15, 0.2) is 0 Å². The van der Waals surface area contributed by atoms with E-state index in [4.69, 9.17) is 16.6 Å². The van der Waals surface area contributed by atoms with Crippen LogP contribution in [-0.2, 0) is 4.74 Å². The molecule has 0 saturated carbocycles. The molecule has 0 heterocycles. The van der Waals surface area contributed by atoms with Crippen LogP contribution in [0.3, 0.4) is 0 Å². The lowest BCUT2D eigenvalue weighted by molar-refractivity contribution is 0.313. The summed E-state index contributed by atoms with van der Waals surface area (Å²) in [4.78, 5) is 0. The number of ether oxygens (including phenoxy) is 1. The molecule has 0 aromatic heterocycles. The van der Waals surface area contributed by atoms with Gasteiger partial charge in [0.25, 0.3) is 0 Å². The van der Waals surface area contributed by atoms with Gasteiger partial charge in [-0.05, 0) is 13.3 Å². The molecule has 0 atom stereocenters. The first-order chi connectivity index (χ1) is 4.81. The third-order valence-electron chi connectivity index (χ3n) is 1.04. The van der Waals surface area contributed by atoms with Crippen molar-refractivity contribution in [3.05, 3.63) is 0 Å². The van der Waals surface area contributed by atoms with Crippen molar-refractivity contribution in [3.63, 3.8) is 0 Å². The minimum atomic E-state index is 0.345. The fourth-order valence-electron chi connectivity index (χ4n) is 0.597. The van der Waals surface area contributed by atoms with Crippen LogP contribution in [0.5, 0.6) is 0 Å².